The number of carbonyl (C=O) groups excluding carboxylic acids is 1. The highest BCUT2D eigenvalue weighted by atomic mass is 35.5. The number of hydrogen-bond donors (Lipinski definition) is 2. The molecule has 0 unspecified atom stereocenters. The third-order valence-corrected chi connectivity index (χ3v) is 5.04. The molecule has 2 aromatic rings. The Morgan fingerprint density at radius 3 is 2.59 bits per heavy atom. The van der Waals surface area contributed by atoms with E-state index in [2.05, 4.69) is 15.8 Å². The Labute approximate surface area is 164 Å². The van der Waals surface area contributed by atoms with Crippen molar-refractivity contribution in [2.45, 2.75) is 38.3 Å². The Kier molecular flexibility index (Phi) is 5.71. The van der Waals surface area contributed by atoms with Gasteiger partial charge in [0.15, 0.2) is 11.0 Å². The number of anilines is 1. The van der Waals surface area contributed by atoms with Gasteiger partial charge in [0.05, 0.1) is 6.54 Å². The molecule has 1 aromatic heterocycles. The lowest BCUT2D eigenvalue weighted by molar-refractivity contribution is -0.117. The van der Waals surface area contributed by atoms with Crippen LogP contribution in [0.4, 0.5) is 5.82 Å². The molecule has 0 radical (unpaired) electrons. The first-order chi connectivity index (χ1) is 12.9. The zero-order chi connectivity index (χ0) is 19.6. The minimum absolute atomic E-state index is 0.251. The molecule has 3 rings (SSSR count). The van der Waals surface area contributed by atoms with Gasteiger partial charge in [-0.25, -0.2) is 4.79 Å². The van der Waals surface area contributed by atoms with Crippen molar-refractivity contribution >= 4 is 40.3 Å². The van der Waals surface area contributed by atoms with Gasteiger partial charge in [-0.3, -0.25) is 24.1 Å². The number of hydrogen-bond acceptors (Lipinski definition) is 6. The van der Waals surface area contributed by atoms with Crippen LogP contribution in [0.25, 0.3) is 0 Å². The van der Waals surface area contributed by atoms with Crippen molar-refractivity contribution in [3.05, 3.63) is 55.7 Å². The summed E-state index contributed by atoms with van der Waals surface area (Å²) >= 11 is 6.95. The van der Waals surface area contributed by atoms with E-state index in [4.69, 9.17) is 11.6 Å². The molecule has 2 heterocycles. The van der Waals surface area contributed by atoms with Gasteiger partial charge < -0.3 is 5.32 Å². The molecular formula is C17H18ClN5O3S. The van der Waals surface area contributed by atoms with Crippen molar-refractivity contribution in [3.8, 4) is 0 Å². The zero-order valence-corrected chi connectivity index (χ0v) is 16.4. The molecule has 10 heteroatoms. The first-order valence-electron chi connectivity index (χ1n) is 8.32. The lowest BCUT2D eigenvalue weighted by Crippen LogP contribution is -2.43. The number of benzene rings is 1. The van der Waals surface area contributed by atoms with E-state index in [1.165, 1.54) is 16.1 Å². The van der Waals surface area contributed by atoms with E-state index in [0.29, 0.717) is 28.7 Å². The SMILES string of the molecule is CCCn1c(=O)c2c(n(Cc3ccc(Cl)cc3)c1=O)NN=C(NC(C)=O)S2. The third kappa shape index (κ3) is 4.09. The molecule has 27 heavy (non-hydrogen) atoms. The summed E-state index contributed by atoms with van der Waals surface area (Å²) in [5.74, 6) is 0.0151. The minimum atomic E-state index is -0.415. The van der Waals surface area contributed by atoms with Gasteiger partial charge in [-0.1, -0.05) is 30.7 Å². The molecule has 0 aliphatic carbocycles. The number of hydrazone groups is 1. The molecule has 0 spiro atoms. The van der Waals surface area contributed by atoms with Crippen LogP contribution < -0.4 is 22.0 Å². The summed E-state index contributed by atoms with van der Waals surface area (Å²) in [5, 5.41) is 7.46. The summed E-state index contributed by atoms with van der Waals surface area (Å²) in [6.07, 6.45) is 0.639. The first kappa shape index (κ1) is 19.2. The summed E-state index contributed by atoms with van der Waals surface area (Å²) < 4.78 is 2.68. The van der Waals surface area contributed by atoms with E-state index in [1.54, 1.807) is 12.1 Å². The fourth-order valence-corrected chi connectivity index (χ4v) is 3.70. The van der Waals surface area contributed by atoms with Crippen LogP contribution in [0.15, 0.2) is 43.9 Å². The molecule has 2 N–H and O–H groups in total. The van der Waals surface area contributed by atoms with Crippen LogP contribution >= 0.6 is 23.4 Å². The maximum atomic E-state index is 12.9. The predicted molar refractivity (Wildman–Crippen MR) is 107 cm³/mol. The second-order valence-corrected chi connectivity index (χ2v) is 7.38. The molecule has 142 valence electrons. The second kappa shape index (κ2) is 8.01. The van der Waals surface area contributed by atoms with E-state index in [0.717, 1.165) is 17.3 Å². The van der Waals surface area contributed by atoms with E-state index in [-0.39, 0.29) is 17.6 Å². The fourth-order valence-electron chi connectivity index (χ4n) is 2.64. The Morgan fingerprint density at radius 1 is 1.26 bits per heavy atom. The maximum absolute atomic E-state index is 12.9. The molecule has 0 fully saturated rings. The van der Waals surface area contributed by atoms with Crippen molar-refractivity contribution in [3.63, 3.8) is 0 Å². The number of halogens is 1. The summed E-state index contributed by atoms with van der Waals surface area (Å²) in [5.41, 5.74) is 2.78. The van der Waals surface area contributed by atoms with Gasteiger partial charge in [0.25, 0.3) is 5.56 Å². The van der Waals surface area contributed by atoms with E-state index in [1.807, 2.05) is 19.1 Å². The summed E-state index contributed by atoms with van der Waals surface area (Å²) in [4.78, 5) is 37.3. The maximum Gasteiger partial charge on any atom is 0.332 e. The molecule has 1 aliphatic rings. The van der Waals surface area contributed by atoms with Crippen LogP contribution in [0.1, 0.15) is 25.8 Å². The van der Waals surface area contributed by atoms with Gasteiger partial charge in [-0.15, -0.1) is 5.10 Å². The highest BCUT2D eigenvalue weighted by Crippen LogP contribution is 2.28. The molecular weight excluding hydrogens is 390 g/mol. The standard InChI is InChI=1S/C17H18ClN5O3S/c1-3-8-22-15(25)13-14(20-21-16(27-13)19-10(2)24)23(17(22)26)9-11-4-6-12(18)7-5-11/h4-7,20H,3,8-9H2,1-2H3,(H,19,21,24). The number of rotatable bonds is 4. The van der Waals surface area contributed by atoms with Crippen LogP contribution in [0, 0.1) is 0 Å². The number of amides is 1. The molecule has 0 bridgehead atoms. The van der Waals surface area contributed by atoms with Crippen molar-refractivity contribution in [2.24, 2.45) is 5.10 Å². The molecule has 1 aromatic carbocycles. The molecule has 0 atom stereocenters. The Hall–Kier alpha value is -2.52. The van der Waals surface area contributed by atoms with Crippen molar-refractivity contribution in [1.82, 2.24) is 14.5 Å². The smallest absolute Gasteiger partial charge is 0.304 e. The summed E-state index contributed by atoms with van der Waals surface area (Å²) in [6, 6.07) is 7.12. The molecule has 0 saturated carbocycles. The molecule has 0 saturated heterocycles. The number of nitrogens with one attached hydrogen (secondary N) is 2. The van der Waals surface area contributed by atoms with Crippen LogP contribution in [-0.4, -0.2) is 20.2 Å². The van der Waals surface area contributed by atoms with Crippen LogP contribution in [0.5, 0.6) is 0 Å². The van der Waals surface area contributed by atoms with E-state index < -0.39 is 11.2 Å². The number of thioether (sulfide) groups is 1. The highest BCUT2D eigenvalue weighted by Gasteiger charge is 2.24. The topological polar surface area (TPSA) is 97.5 Å². The summed E-state index contributed by atoms with van der Waals surface area (Å²) in [7, 11) is 0. The van der Waals surface area contributed by atoms with E-state index in [9.17, 15) is 14.4 Å². The quantitative estimate of drug-likeness (QED) is 0.808. The monoisotopic (exact) mass is 407 g/mol. The minimum Gasteiger partial charge on any atom is -0.304 e. The predicted octanol–water partition coefficient (Wildman–Crippen LogP) is 2.05. The van der Waals surface area contributed by atoms with Gasteiger partial charge in [0.2, 0.25) is 5.91 Å². The van der Waals surface area contributed by atoms with Crippen molar-refractivity contribution in [1.29, 1.82) is 0 Å². The lowest BCUT2D eigenvalue weighted by Gasteiger charge is -2.22. The molecule has 8 nitrogen and oxygen atoms in total. The molecule has 1 aliphatic heterocycles. The van der Waals surface area contributed by atoms with Crippen LogP contribution in [0.2, 0.25) is 5.02 Å². The Balaban J connectivity index is 2.10. The van der Waals surface area contributed by atoms with Gasteiger partial charge in [-0.05, 0) is 35.9 Å². The molecule has 1 amide bonds. The van der Waals surface area contributed by atoms with Crippen LogP contribution in [0.3, 0.4) is 0 Å². The number of nitrogens with zero attached hydrogens (tertiary/aromatic N) is 3. The average molecular weight is 408 g/mol. The third-order valence-electron chi connectivity index (χ3n) is 3.83. The van der Waals surface area contributed by atoms with Crippen LogP contribution in [-0.2, 0) is 17.9 Å². The first-order valence-corrected chi connectivity index (χ1v) is 9.51. The normalized spacial score (nSPS) is 12.8. The number of amidine groups is 1. The van der Waals surface area contributed by atoms with Gasteiger partial charge in [-0.2, -0.15) is 0 Å². The number of carbonyl (C=O) groups is 1. The Morgan fingerprint density at radius 2 is 1.96 bits per heavy atom. The lowest BCUT2D eigenvalue weighted by atomic mass is 10.2. The average Bonchev–Trinajstić information content (AvgIpc) is 2.63. The van der Waals surface area contributed by atoms with Crippen molar-refractivity contribution < 1.29 is 4.79 Å². The van der Waals surface area contributed by atoms with Gasteiger partial charge >= 0.3 is 5.69 Å². The van der Waals surface area contributed by atoms with Crippen molar-refractivity contribution in [2.75, 3.05) is 5.43 Å². The highest BCUT2D eigenvalue weighted by molar-refractivity contribution is 8.14. The zero-order valence-electron chi connectivity index (χ0n) is 14.8. The largest absolute Gasteiger partial charge is 0.332 e. The van der Waals surface area contributed by atoms with Gasteiger partial charge in [0.1, 0.15) is 4.90 Å². The fraction of sp³-hybridized carbons (Fsp3) is 0.294. The summed E-state index contributed by atoms with van der Waals surface area (Å²) in [6.45, 7) is 3.81. The Bertz CT molecular complexity index is 1030. The number of aromatic nitrogens is 2. The second-order valence-electron chi connectivity index (χ2n) is 5.94. The number of fused-ring (bicyclic) bond motifs is 1. The van der Waals surface area contributed by atoms with E-state index >= 15 is 0 Å². The van der Waals surface area contributed by atoms with Gasteiger partial charge in [0, 0.05) is 18.5 Å².